The van der Waals surface area contributed by atoms with Crippen LogP contribution in [-0.4, -0.2) is 184 Å². The molecule has 20 nitrogen and oxygen atoms in total. The van der Waals surface area contributed by atoms with Crippen molar-refractivity contribution < 1.29 is 72.9 Å². The molecule has 0 bridgehead atoms. The van der Waals surface area contributed by atoms with Crippen molar-refractivity contribution in [3.05, 3.63) is 288 Å². The van der Waals surface area contributed by atoms with Crippen LogP contribution in [0.25, 0.3) is 0 Å². The van der Waals surface area contributed by atoms with Gasteiger partial charge < -0.3 is 102 Å². The average Bonchev–Trinajstić information content (AvgIpc) is 0.801. The molecule has 10 rings (SSSR count). The molecule has 145 heavy (non-hydrogen) atoms. The zero-order chi connectivity index (χ0) is 108. The number of ether oxygens (including phenoxy) is 10. The minimum Gasteiger partial charge on any atom is -0.491 e. The van der Waals surface area contributed by atoms with E-state index < -0.39 is 30.5 Å². The summed E-state index contributed by atoms with van der Waals surface area (Å²) >= 11 is 93.8. The highest BCUT2D eigenvalue weighted by atomic mass is 35.5. The van der Waals surface area contributed by atoms with Crippen LogP contribution in [0.5, 0.6) is 57.5 Å². The highest BCUT2D eigenvalue weighted by Gasteiger charge is 2.33. The van der Waals surface area contributed by atoms with Gasteiger partial charge in [0.05, 0.1) is 83.3 Å². The van der Waals surface area contributed by atoms with Crippen LogP contribution >= 0.6 is 174 Å². The van der Waals surface area contributed by atoms with Crippen molar-refractivity contribution in [3.63, 3.8) is 0 Å². The molecule has 10 atom stereocenters. The second kappa shape index (κ2) is 62.4. The largest absolute Gasteiger partial charge is 0.491 e. The number of halogens is 15. The molecule has 0 aromatic heterocycles. The topological polar surface area (TPSA) is 324 Å². The molecule has 0 heterocycles. The Kier molecular flexibility index (Phi) is 55.0. The Labute approximate surface area is 932 Å². The Balaban J connectivity index is 0.000000277. The average molecular weight is 2300 g/mol. The summed E-state index contributed by atoms with van der Waals surface area (Å²) in [6.45, 7) is 34.8. The van der Waals surface area contributed by atoms with Gasteiger partial charge in [0.2, 0.25) is 0 Å². The molecular formula is C110H140Cl15N5O15. The lowest BCUT2D eigenvalue weighted by atomic mass is 9.78. The number of hydrogen-bond acceptors (Lipinski definition) is 20. The Morgan fingerprint density at radius 1 is 0.200 bits per heavy atom. The first-order chi connectivity index (χ1) is 68.4. The first-order valence-corrected chi connectivity index (χ1v) is 53.9. The quantitative estimate of drug-likeness (QED) is 0.0158. The molecule has 15 N–H and O–H groups in total. The zero-order valence-corrected chi connectivity index (χ0v) is 95.9. The Hall–Kier alpha value is -5.85. The Bertz CT molecular complexity index is 4650. The van der Waals surface area contributed by atoms with Crippen LogP contribution in [0.2, 0.25) is 50.2 Å². The maximum atomic E-state index is 9.52. The molecule has 0 radical (unpaired) electrons. The SMILES string of the molecule is CC(CCl)COc1c(Cl)cc(C(C)(C)c2ccc(OCC(O)CN)cc2)cc1Cl.C[C@@H](CCl)COc1c(Cl)cc(C(C)(C)c2ccc(OC[C@@H](O)CN)cc2)cc1Cl.C[C@@H](CCl)COc1c(Cl)cc(C(C)(C)c2ccc(OC[C@H](O)CN)cc2)cc1Cl.C[C@H](CCl)COc1c(Cl)cc(C(C)(C)c2ccc(OC[C@@H](O)CN)cc2)cc1Cl.C[C@H](CCl)COc1c(Cl)cc(C(C)(C)c2ccc(OC[C@H](O)CN)cc2)cc1Cl. The molecule has 10 aromatic rings. The van der Waals surface area contributed by atoms with Crippen LogP contribution < -0.4 is 76.0 Å². The van der Waals surface area contributed by atoms with Crippen LogP contribution in [0.3, 0.4) is 0 Å². The van der Waals surface area contributed by atoms with E-state index in [-0.39, 0.29) is 122 Å². The predicted octanol–water partition coefficient (Wildman–Crippen LogP) is 26.4. The second-order valence-electron chi connectivity index (χ2n) is 38.4. The minimum absolute atomic E-state index is 0.161. The zero-order valence-electron chi connectivity index (χ0n) is 84.6. The lowest BCUT2D eigenvalue weighted by Gasteiger charge is -2.27. The molecule has 0 aliphatic carbocycles. The van der Waals surface area contributed by atoms with E-state index in [9.17, 15) is 25.5 Å². The van der Waals surface area contributed by atoms with Crippen molar-refractivity contribution in [1.82, 2.24) is 0 Å². The van der Waals surface area contributed by atoms with Gasteiger partial charge in [0, 0.05) is 119 Å². The van der Waals surface area contributed by atoms with Crippen LogP contribution in [-0.2, 0) is 27.1 Å². The van der Waals surface area contributed by atoms with E-state index >= 15 is 0 Å². The molecule has 2 unspecified atom stereocenters. The van der Waals surface area contributed by atoms with Gasteiger partial charge in [0.25, 0.3) is 0 Å². The molecule has 0 aliphatic rings. The van der Waals surface area contributed by atoms with Crippen molar-refractivity contribution in [3.8, 4) is 57.5 Å². The highest BCUT2D eigenvalue weighted by Crippen LogP contribution is 2.48. The molecule has 0 fully saturated rings. The maximum absolute atomic E-state index is 9.52. The fourth-order valence-electron chi connectivity index (χ4n) is 13.6. The molecule has 800 valence electrons. The lowest BCUT2D eigenvalue weighted by Crippen LogP contribution is -2.26. The predicted molar refractivity (Wildman–Crippen MR) is 605 cm³/mol. The lowest BCUT2D eigenvalue weighted by molar-refractivity contribution is 0.114. The van der Waals surface area contributed by atoms with Crippen LogP contribution in [0, 0.1) is 29.6 Å². The van der Waals surface area contributed by atoms with Gasteiger partial charge in [-0.15, -0.1) is 58.0 Å². The Morgan fingerprint density at radius 3 is 0.421 bits per heavy atom. The summed E-state index contributed by atoms with van der Waals surface area (Å²) in [6.07, 6.45) is -3.39. The standard InChI is InChI=1S/5C22H28Cl3NO3/c5*1-14(10-23)12-29-21-19(24)8-16(9-20(21)25)22(2,3)15-4-6-18(7-5-15)28-13-17(27)11-26/h5*4-9,14,17,27H,10-13,26H2,1-3H3/t2*14-,17+;2*14-,17-;/m1010./s1. The summed E-state index contributed by atoms with van der Waals surface area (Å²) in [5.41, 5.74) is 35.4. The summed E-state index contributed by atoms with van der Waals surface area (Å²) in [7, 11) is 0. The van der Waals surface area contributed by atoms with E-state index in [1.165, 1.54) is 0 Å². The summed E-state index contributed by atoms with van der Waals surface area (Å²) in [5, 5.41) is 52.3. The van der Waals surface area contributed by atoms with E-state index in [1.807, 2.05) is 217 Å². The van der Waals surface area contributed by atoms with E-state index in [1.54, 1.807) is 0 Å². The number of hydrogen-bond donors (Lipinski definition) is 10. The van der Waals surface area contributed by atoms with Crippen LogP contribution in [0.15, 0.2) is 182 Å². The van der Waals surface area contributed by atoms with Gasteiger partial charge in [0.15, 0.2) is 28.7 Å². The van der Waals surface area contributed by atoms with Crippen molar-refractivity contribution in [2.75, 3.05) is 128 Å². The third kappa shape index (κ3) is 39.6. The molecule has 0 aliphatic heterocycles. The molecule has 10 aromatic carbocycles. The van der Waals surface area contributed by atoms with Gasteiger partial charge in [-0.05, 0) is 177 Å². The van der Waals surface area contributed by atoms with Gasteiger partial charge in [-0.2, -0.15) is 0 Å². The maximum Gasteiger partial charge on any atom is 0.156 e. The van der Waals surface area contributed by atoms with E-state index in [4.69, 9.17) is 250 Å². The normalized spacial score (nSPS) is 13.8. The molecular weight excluding hydrogens is 2160 g/mol. The van der Waals surface area contributed by atoms with Gasteiger partial charge in [-0.3, -0.25) is 0 Å². The number of alkyl halides is 5. The fraction of sp³-hybridized carbons (Fsp3) is 0.455. The summed E-state index contributed by atoms with van der Waals surface area (Å²) in [6, 6.07) is 57.4. The first-order valence-electron chi connectivity index (χ1n) is 47.4. The van der Waals surface area contributed by atoms with E-state index in [2.05, 4.69) is 69.2 Å². The number of rotatable bonds is 50. The third-order valence-electron chi connectivity index (χ3n) is 23.9. The number of benzene rings is 10. The monoisotopic (exact) mass is 2300 g/mol. The summed E-state index contributed by atoms with van der Waals surface area (Å²) < 4.78 is 56.6. The van der Waals surface area contributed by atoms with Gasteiger partial charge in [-0.25, -0.2) is 0 Å². The van der Waals surface area contributed by atoms with Crippen LogP contribution in [0.4, 0.5) is 0 Å². The molecule has 0 amide bonds. The van der Waals surface area contributed by atoms with Crippen LogP contribution in [0.1, 0.15) is 159 Å². The fourth-order valence-corrected chi connectivity index (χ4v) is 17.0. The smallest absolute Gasteiger partial charge is 0.156 e. The molecule has 0 saturated heterocycles. The first kappa shape index (κ1) is 128. The van der Waals surface area contributed by atoms with Gasteiger partial charge in [0.1, 0.15) is 92.3 Å². The molecule has 0 saturated carbocycles. The van der Waals surface area contributed by atoms with Crippen molar-refractivity contribution >= 4 is 174 Å². The summed E-state index contributed by atoms with van der Waals surface area (Å²) in [4.78, 5) is 0. The highest BCUT2D eigenvalue weighted by molar-refractivity contribution is 6.40. The van der Waals surface area contributed by atoms with Crippen molar-refractivity contribution in [2.45, 2.75) is 161 Å². The number of aliphatic hydroxyl groups is 5. The molecule has 0 spiro atoms. The molecule has 35 heteroatoms. The van der Waals surface area contributed by atoms with Gasteiger partial charge in [-0.1, -0.05) is 281 Å². The van der Waals surface area contributed by atoms with E-state index in [0.29, 0.717) is 170 Å². The minimum atomic E-state index is -0.677. The van der Waals surface area contributed by atoms with E-state index in [0.717, 1.165) is 55.6 Å². The Morgan fingerprint density at radius 2 is 0.317 bits per heavy atom. The van der Waals surface area contributed by atoms with Gasteiger partial charge >= 0.3 is 0 Å². The second-order valence-corrected chi connectivity index (χ2v) is 44.1. The summed E-state index contributed by atoms with van der Waals surface area (Å²) in [5.74, 6) is 9.28. The van der Waals surface area contributed by atoms with Crippen molar-refractivity contribution in [1.29, 1.82) is 0 Å². The number of nitrogens with two attached hydrogens (primary N) is 5. The van der Waals surface area contributed by atoms with Crippen molar-refractivity contribution in [2.24, 2.45) is 58.3 Å². The third-order valence-corrected chi connectivity index (χ3v) is 29.4. The number of aliphatic hydroxyl groups excluding tert-OH is 5.